The molecule has 92 valence electrons. The van der Waals surface area contributed by atoms with Crippen LogP contribution in [-0.4, -0.2) is 5.91 Å². The minimum atomic E-state index is -0.0580. The summed E-state index contributed by atoms with van der Waals surface area (Å²) >= 11 is 6.17. The van der Waals surface area contributed by atoms with Crippen molar-refractivity contribution in [3.63, 3.8) is 0 Å². The van der Waals surface area contributed by atoms with Gasteiger partial charge in [-0.15, -0.1) is 0 Å². The molecule has 0 aromatic heterocycles. The summed E-state index contributed by atoms with van der Waals surface area (Å²) in [7, 11) is 0. The summed E-state index contributed by atoms with van der Waals surface area (Å²) in [5.41, 5.74) is 2.60. The molecular weight excluding hydrogens is 246 g/mol. The highest BCUT2D eigenvalue weighted by Crippen LogP contribution is 2.33. The molecule has 2 nitrogen and oxygen atoms in total. The highest BCUT2D eigenvalue weighted by Gasteiger charge is 2.17. The van der Waals surface area contributed by atoms with Crippen molar-refractivity contribution in [2.75, 3.05) is 4.90 Å². The van der Waals surface area contributed by atoms with E-state index in [4.69, 9.17) is 11.6 Å². The van der Waals surface area contributed by atoms with Crippen LogP contribution in [0.5, 0.6) is 0 Å². The van der Waals surface area contributed by atoms with Crippen LogP contribution in [0.15, 0.2) is 48.5 Å². The third-order valence-corrected chi connectivity index (χ3v) is 3.08. The predicted molar refractivity (Wildman–Crippen MR) is 75.5 cm³/mol. The summed E-state index contributed by atoms with van der Waals surface area (Å²) in [6.07, 6.45) is 0. The average Bonchev–Trinajstić information content (AvgIpc) is 2.34. The number of carbonyl (C=O) groups is 1. The second-order valence-electron chi connectivity index (χ2n) is 4.09. The Morgan fingerprint density at radius 2 is 1.56 bits per heavy atom. The summed E-state index contributed by atoms with van der Waals surface area (Å²) < 4.78 is 0. The van der Waals surface area contributed by atoms with Crippen molar-refractivity contribution in [3.8, 4) is 0 Å². The Morgan fingerprint density at radius 1 is 1.00 bits per heavy atom. The van der Waals surface area contributed by atoms with Crippen LogP contribution >= 0.6 is 11.6 Å². The van der Waals surface area contributed by atoms with Crippen LogP contribution in [-0.2, 0) is 4.79 Å². The van der Waals surface area contributed by atoms with Crippen LogP contribution in [0.4, 0.5) is 11.4 Å². The monoisotopic (exact) mass is 259 g/mol. The predicted octanol–water partition coefficient (Wildman–Crippen LogP) is 4.33. The van der Waals surface area contributed by atoms with Crippen molar-refractivity contribution in [1.82, 2.24) is 0 Å². The molecule has 18 heavy (non-hydrogen) atoms. The molecule has 0 spiro atoms. The molecule has 0 aliphatic heterocycles. The van der Waals surface area contributed by atoms with E-state index in [1.807, 2.05) is 49.4 Å². The fraction of sp³-hybridized carbons (Fsp3) is 0.133. The number of hydrogen-bond acceptors (Lipinski definition) is 1. The van der Waals surface area contributed by atoms with E-state index in [0.29, 0.717) is 10.7 Å². The van der Waals surface area contributed by atoms with Gasteiger partial charge in [0.2, 0.25) is 5.91 Å². The standard InChI is InChI=1S/C15H14ClNO/c1-11-7-3-5-9-14(11)17(12(2)18)15-10-6-4-8-13(15)16/h3-10H,1-2H3. The lowest BCUT2D eigenvalue weighted by atomic mass is 10.1. The molecule has 0 aliphatic rings. The molecule has 0 saturated carbocycles. The zero-order valence-corrected chi connectivity index (χ0v) is 11.1. The number of carbonyl (C=O) groups excluding carboxylic acids is 1. The molecule has 2 aromatic rings. The van der Waals surface area contributed by atoms with Crippen molar-refractivity contribution in [2.24, 2.45) is 0 Å². The number of hydrogen-bond donors (Lipinski definition) is 0. The van der Waals surface area contributed by atoms with Crippen LogP contribution in [0.2, 0.25) is 5.02 Å². The molecule has 1 amide bonds. The van der Waals surface area contributed by atoms with Gasteiger partial charge >= 0.3 is 0 Å². The van der Waals surface area contributed by atoms with Crippen molar-refractivity contribution in [2.45, 2.75) is 13.8 Å². The number of nitrogens with zero attached hydrogens (tertiary/aromatic N) is 1. The second-order valence-corrected chi connectivity index (χ2v) is 4.50. The van der Waals surface area contributed by atoms with Gasteiger partial charge in [-0.25, -0.2) is 0 Å². The zero-order chi connectivity index (χ0) is 13.1. The van der Waals surface area contributed by atoms with Gasteiger partial charge in [-0.2, -0.15) is 0 Å². The van der Waals surface area contributed by atoms with E-state index >= 15 is 0 Å². The first-order valence-electron chi connectivity index (χ1n) is 5.72. The normalized spacial score (nSPS) is 10.2. The molecule has 3 heteroatoms. The van der Waals surface area contributed by atoms with E-state index < -0.39 is 0 Å². The Labute approximate surface area is 112 Å². The maximum Gasteiger partial charge on any atom is 0.228 e. The number of anilines is 2. The Kier molecular flexibility index (Phi) is 3.68. The van der Waals surface area contributed by atoms with Crippen LogP contribution in [0.1, 0.15) is 12.5 Å². The highest BCUT2D eigenvalue weighted by molar-refractivity contribution is 6.34. The summed E-state index contributed by atoms with van der Waals surface area (Å²) in [6, 6.07) is 15.1. The summed E-state index contributed by atoms with van der Waals surface area (Å²) in [5.74, 6) is -0.0580. The van der Waals surface area contributed by atoms with Gasteiger partial charge in [0.05, 0.1) is 16.4 Å². The number of halogens is 1. The first-order chi connectivity index (χ1) is 8.61. The molecule has 0 bridgehead atoms. The summed E-state index contributed by atoms with van der Waals surface area (Å²) in [4.78, 5) is 13.6. The van der Waals surface area contributed by atoms with E-state index in [0.717, 1.165) is 11.3 Å². The van der Waals surface area contributed by atoms with Gasteiger partial charge in [-0.3, -0.25) is 9.69 Å². The molecule has 0 aliphatic carbocycles. The fourth-order valence-electron chi connectivity index (χ4n) is 1.92. The SMILES string of the molecule is CC(=O)N(c1ccccc1C)c1ccccc1Cl. The van der Waals surface area contributed by atoms with Crippen molar-refractivity contribution in [1.29, 1.82) is 0 Å². The first kappa shape index (κ1) is 12.7. The molecule has 0 unspecified atom stereocenters. The highest BCUT2D eigenvalue weighted by atomic mass is 35.5. The number of rotatable bonds is 2. The smallest absolute Gasteiger partial charge is 0.228 e. The number of para-hydroxylation sites is 2. The lowest BCUT2D eigenvalue weighted by Gasteiger charge is -2.24. The Balaban J connectivity index is 2.58. The Hall–Kier alpha value is -1.80. The maximum atomic E-state index is 11.9. The quantitative estimate of drug-likeness (QED) is 0.786. The van der Waals surface area contributed by atoms with Gasteiger partial charge in [0.25, 0.3) is 0 Å². The Morgan fingerprint density at radius 3 is 2.11 bits per heavy atom. The summed E-state index contributed by atoms with van der Waals surface area (Å²) in [6.45, 7) is 3.51. The van der Waals surface area contributed by atoms with Gasteiger partial charge in [0.15, 0.2) is 0 Å². The largest absolute Gasteiger partial charge is 0.280 e. The van der Waals surface area contributed by atoms with Crippen molar-refractivity contribution in [3.05, 3.63) is 59.1 Å². The molecule has 0 heterocycles. The molecule has 2 rings (SSSR count). The van der Waals surface area contributed by atoms with E-state index in [9.17, 15) is 4.79 Å². The number of benzene rings is 2. The van der Waals surface area contributed by atoms with Crippen LogP contribution in [0.3, 0.4) is 0 Å². The van der Waals surface area contributed by atoms with Crippen LogP contribution in [0, 0.1) is 6.92 Å². The van der Waals surface area contributed by atoms with Crippen molar-refractivity contribution < 1.29 is 4.79 Å². The maximum absolute atomic E-state index is 11.9. The van der Waals surface area contributed by atoms with E-state index in [-0.39, 0.29) is 5.91 Å². The third-order valence-electron chi connectivity index (χ3n) is 2.76. The van der Waals surface area contributed by atoms with E-state index in [1.54, 1.807) is 11.0 Å². The third kappa shape index (κ3) is 2.39. The topological polar surface area (TPSA) is 20.3 Å². The van der Waals surface area contributed by atoms with E-state index in [1.165, 1.54) is 6.92 Å². The lowest BCUT2D eigenvalue weighted by molar-refractivity contribution is -0.115. The first-order valence-corrected chi connectivity index (χ1v) is 6.10. The summed E-state index contributed by atoms with van der Waals surface area (Å²) in [5, 5.41) is 0.566. The zero-order valence-electron chi connectivity index (χ0n) is 10.4. The molecule has 0 radical (unpaired) electrons. The molecule has 0 fully saturated rings. The molecular formula is C15H14ClNO. The molecule has 2 aromatic carbocycles. The van der Waals surface area contributed by atoms with Gasteiger partial charge in [0, 0.05) is 6.92 Å². The second kappa shape index (κ2) is 5.23. The molecule has 0 saturated heterocycles. The van der Waals surface area contributed by atoms with Gasteiger partial charge in [-0.05, 0) is 30.7 Å². The van der Waals surface area contributed by atoms with Gasteiger partial charge in [-0.1, -0.05) is 41.9 Å². The minimum absolute atomic E-state index is 0.0580. The van der Waals surface area contributed by atoms with Crippen LogP contribution < -0.4 is 4.90 Å². The number of aryl methyl sites for hydroxylation is 1. The van der Waals surface area contributed by atoms with Crippen molar-refractivity contribution >= 4 is 28.9 Å². The van der Waals surface area contributed by atoms with Crippen LogP contribution in [0.25, 0.3) is 0 Å². The minimum Gasteiger partial charge on any atom is -0.280 e. The average molecular weight is 260 g/mol. The van der Waals surface area contributed by atoms with Gasteiger partial charge < -0.3 is 0 Å². The molecule has 0 N–H and O–H groups in total. The lowest BCUT2D eigenvalue weighted by Crippen LogP contribution is -2.23. The van der Waals surface area contributed by atoms with E-state index in [2.05, 4.69) is 0 Å². The fourth-order valence-corrected chi connectivity index (χ4v) is 2.14. The van der Waals surface area contributed by atoms with Gasteiger partial charge in [0.1, 0.15) is 0 Å². The Bertz CT molecular complexity index is 535. The molecule has 0 atom stereocenters. The number of amides is 1.